The topological polar surface area (TPSA) is 63.6 Å². The maximum atomic E-state index is 10.1. The first-order chi connectivity index (χ1) is 6.49. The van der Waals surface area contributed by atoms with Crippen molar-refractivity contribution in [1.29, 1.82) is 0 Å². The minimum absolute atomic E-state index is 0.0926. The lowest BCUT2D eigenvalue weighted by Crippen LogP contribution is -2.06. The van der Waals surface area contributed by atoms with Crippen LogP contribution < -0.4 is 4.18 Å². The van der Waals surface area contributed by atoms with Crippen molar-refractivity contribution in [2.45, 2.75) is 20.3 Å². The molecule has 1 aromatic carbocycles. The molecule has 0 aromatic heterocycles. The van der Waals surface area contributed by atoms with Crippen LogP contribution in [0.15, 0.2) is 30.3 Å². The highest BCUT2D eigenvalue weighted by Crippen LogP contribution is 2.09. The predicted molar refractivity (Wildman–Crippen MR) is 54.6 cm³/mol. The van der Waals surface area contributed by atoms with Gasteiger partial charge in [-0.1, -0.05) is 38.5 Å². The Bertz CT molecular complexity index is 331. The summed E-state index contributed by atoms with van der Waals surface area (Å²) >= 11 is 0. The van der Waals surface area contributed by atoms with Crippen molar-refractivity contribution in [1.82, 2.24) is 0 Å². The average Bonchev–Trinajstić information content (AvgIpc) is 2.04. The molecule has 1 rings (SSSR count). The largest absolute Gasteiger partial charge is 0.446 e. The highest BCUT2D eigenvalue weighted by molar-refractivity contribution is 7.81. The van der Waals surface area contributed by atoms with Gasteiger partial charge in [0.25, 0.3) is 0 Å². The van der Waals surface area contributed by atoms with Crippen LogP contribution in [0.4, 0.5) is 0 Å². The summed E-state index contributed by atoms with van der Waals surface area (Å²) < 4.78 is 32.6. The van der Waals surface area contributed by atoms with Gasteiger partial charge in [0.1, 0.15) is 5.75 Å². The lowest BCUT2D eigenvalue weighted by molar-refractivity contribution is 0.387. The number of para-hydroxylation sites is 1. The molecule has 80 valence electrons. The van der Waals surface area contributed by atoms with E-state index in [2.05, 4.69) is 18.0 Å². The number of rotatable bonds is 2. The molecule has 0 aliphatic rings. The zero-order valence-corrected chi connectivity index (χ0v) is 8.99. The summed E-state index contributed by atoms with van der Waals surface area (Å²) in [5.41, 5.74) is 0. The van der Waals surface area contributed by atoms with E-state index in [1.54, 1.807) is 18.2 Å². The fourth-order valence-corrected chi connectivity index (χ4v) is 0.952. The van der Waals surface area contributed by atoms with Gasteiger partial charge in [-0.05, 0) is 12.1 Å². The molecule has 1 N–H and O–H groups in total. The molecule has 0 unspecified atom stereocenters. The Labute approximate surface area is 84.5 Å². The van der Waals surface area contributed by atoms with Gasteiger partial charge in [0.05, 0.1) is 0 Å². The number of hydrogen-bond donors (Lipinski definition) is 1. The van der Waals surface area contributed by atoms with Crippen LogP contribution in [0.5, 0.6) is 5.75 Å². The van der Waals surface area contributed by atoms with Crippen molar-refractivity contribution >= 4 is 10.4 Å². The summed E-state index contributed by atoms with van der Waals surface area (Å²) in [5, 5.41) is 0. The van der Waals surface area contributed by atoms with Crippen molar-refractivity contribution in [3.63, 3.8) is 0 Å². The van der Waals surface area contributed by atoms with E-state index in [-0.39, 0.29) is 5.75 Å². The van der Waals surface area contributed by atoms with E-state index in [4.69, 9.17) is 4.55 Å². The van der Waals surface area contributed by atoms with Crippen LogP contribution in [0.25, 0.3) is 0 Å². The van der Waals surface area contributed by atoms with Gasteiger partial charge in [0, 0.05) is 0 Å². The molecule has 0 spiro atoms. The summed E-state index contributed by atoms with van der Waals surface area (Å²) in [7, 11) is -4.38. The van der Waals surface area contributed by atoms with E-state index in [1.807, 2.05) is 0 Å². The van der Waals surface area contributed by atoms with Crippen molar-refractivity contribution < 1.29 is 17.2 Å². The Morgan fingerprint density at radius 3 is 2.00 bits per heavy atom. The van der Waals surface area contributed by atoms with Crippen molar-refractivity contribution in [3.05, 3.63) is 30.3 Å². The first-order valence-electron chi connectivity index (χ1n) is 4.21. The van der Waals surface area contributed by atoms with Crippen molar-refractivity contribution in [3.8, 4) is 5.75 Å². The molecule has 0 bridgehead atoms. The maximum absolute atomic E-state index is 10.1. The Morgan fingerprint density at radius 1 is 1.21 bits per heavy atom. The van der Waals surface area contributed by atoms with E-state index >= 15 is 0 Å². The minimum atomic E-state index is -4.38. The predicted octanol–water partition coefficient (Wildman–Crippen LogP) is 2.28. The zero-order valence-electron chi connectivity index (χ0n) is 8.17. The fourth-order valence-electron chi connectivity index (χ4n) is 0.598. The molecule has 0 fully saturated rings. The molecule has 14 heavy (non-hydrogen) atoms. The molecule has 0 amide bonds. The van der Waals surface area contributed by atoms with Gasteiger partial charge in [-0.25, -0.2) is 0 Å². The second kappa shape index (κ2) is 6.39. The zero-order chi connectivity index (χ0) is 11.0. The second-order valence-corrected chi connectivity index (χ2v) is 3.55. The third kappa shape index (κ3) is 7.57. The Kier molecular flexibility index (Phi) is 5.91. The van der Waals surface area contributed by atoms with E-state index in [9.17, 15) is 8.42 Å². The lowest BCUT2D eigenvalue weighted by atomic mass is 10.3. The van der Waals surface area contributed by atoms with Gasteiger partial charge in [-0.3, -0.25) is 4.55 Å². The van der Waals surface area contributed by atoms with Crippen LogP contribution in [0, 0.1) is 0 Å². The van der Waals surface area contributed by atoms with Gasteiger partial charge in [-0.2, -0.15) is 8.42 Å². The monoisotopic (exact) mass is 218 g/mol. The van der Waals surface area contributed by atoms with E-state index in [1.165, 1.54) is 18.6 Å². The molecule has 5 heteroatoms. The second-order valence-electron chi connectivity index (χ2n) is 2.53. The van der Waals surface area contributed by atoms with Crippen LogP contribution in [0.2, 0.25) is 0 Å². The molecular formula is C9H14O4S. The molecule has 0 heterocycles. The molecule has 0 saturated carbocycles. The molecule has 4 nitrogen and oxygen atoms in total. The van der Waals surface area contributed by atoms with Gasteiger partial charge in [0.15, 0.2) is 0 Å². The smallest absolute Gasteiger partial charge is 0.362 e. The SMILES string of the molecule is CCC.O=S(=O)(O)Oc1ccccc1. The third-order valence-corrected chi connectivity index (χ3v) is 1.35. The van der Waals surface area contributed by atoms with Gasteiger partial charge >= 0.3 is 10.4 Å². The third-order valence-electron chi connectivity index (χ3n) is 0.945. The molecular weight excluding hydrogens is 204 g/mol. The highest BCUT2D eigenvalue weighted by atomic mass is 32.3. The first-order valence-corrected chi connectivity index (χ1v) is 5.58. The van der Waals surface area contributed by atoms with Gasteiger partial charge in [-0.15, -0.1) is 0 Å². The van der Waals surface area contributed by atoms with Gasteiger partial charge in [0.2, 0.25) is 0 Å². The Balaban J connectivity index is 0.000000500. The molecule has 0 aliphatic heterocycles. The average molecular weight is 218 g/mol. The summed E-state index contributed by atoms with van der Waals surface area (Å²) in [6.07, 6.45) is 1.25. The van der Waals surface area contributed by atoms with Crippen LogP contribution in [0.1, 0.15) is 20.3 Å². The summed E-state index contributed by atoms with van der Waals surface area (Å²) in [5.74, 6) is 0.0926. The number of benzene rings is 1. The molecule has 0 saturated heterocycles. The lowest BCUT2D eigenvalue weighted by Gasteiger charge is -1.98. The standard InChI is InChI=1S/C6H6O4S.C3H8/c7-11(8,9)10-6-4-2-1-3-5-6;1-3-2/h1-5H,(H,7,8,9);3H2,1-2H3. The highest BCUT2D eigenvalue weighted by Gasteiger charge is 2.04. The van der Waals surface area contributed by atoms with Crippen molar-refractivity contribution in [2.75, 3.05) is 0 Å². The summed E-state index contributed by atoms with van der Waals surface area (Å²) in [4.78, 5) is 0. The molecule has 0 radical (unpaired) electrons. The van der Waals surface area contributed by atoms with Crippen LogP contribution in [-0.2, 0) is 10.4 Å². The Morgan fingerprint density at radius 2 is 1.64 bits per heavy atom. The van der Waals surface area contributed by atoms with E-state index < -0.39 is 10.4 Å². The summed E-state index contributed by atoms with van der Waals surface area (Å²) in [6, 6.07) is 7.75. The number of hydrogen-bond acceptors (Lipinski definition) is 3. The van der Waals surface area contributed by atoms with Crippen LogP contribution in [-0.4, -0.2) is 13.0 Å². The Hall–Kier alpha value is -1.07. The first kappa shape index (κ1) is 12.9. The van der Waals surface area contributed by atoms with Crippen LogP contribution >= 0.6 is 0 Å². The quantitative estimate of drug-likeness (QED) is 0.773. The maximum Gasteiger partial charge on any atom is 0.446 e. The molecule has 0 aliphatic carbocycles. The molecule has 1 aromatic rings. The van der Waals surface area contributed by atoms with Crippen LogP contribution in [0.3, 0.4) is 0 Å². The normalized spacial score (nSPS) is 9.93. The summed E-state index contributed by atoms with van der Waals surface area (Å²) in [6.45, 7) is 4.25. The van der Waals surface area contributed by atoms with Crippen molar-refractivity contribution in [2.24, 2.45) is 0 Å². The minimum Gasteiger partial charge on any atom is -0.362 e. The van der Waals surface area contributed by atoms with Gasteiger partial charge < -0.3 is 4.18 Å². The molecule has 0 atom stereocenters. The van der Waals surface area contributed by atoms with E-state index in [0.29, 0.717) is 0 Å². The van der Waals surface area contributed by atoms with E-state index in [0.717, 1.165) is 0 Å². The fraction of sp³-hybridized carbons (Fsp3) is 0.333.